The highest BCUT2D eigenvalue weighted by atomic mass is 79.9. The van der Waals surface area contributed by atoms with Crippen molar-refractivity contribution in [2.24, 2.45) is 10.8 Å². The van der Waals surface area contributed by atoms with E-state index in [-0.39, 0.29) is 33.5 Å². The van der Waals surface area contributed by atoms with Crippen molar-refractivity contribution in [3.05, 3.63) is 59.7 Å². The zero-order valence-corrected chi connectivity index (χ0v) is 25.5. The molecule has 9 heteroatoms. The lowest BCUT2D eigenvalue weighted by Crippen LogP contribution is -2.14. The summed E-state index contributed by atoms with van der Waals surface area (Å²) in [5.41, 5.74) is 0.716. The van der Waals surface area contributed by atoms with Gasteiger partial charge in [0.25, 0.3) is 0 Å². The fourth-order valence-electron chi connectivity index (χ4n) is 2.74. The molecule has 0 aliphatic carbocycles. The Morgan fingerprint density at radius 3 is 1.43 bits per heavy atom. The summed E-state index contributed by atoms with van der Waals surface area (Å²) in [5.74, 6) is -0.912. The van der Waals surface area contributed by atoms with Gasteiger partial charge in [0.1, 0.15) is 11.6 Å². The molecule has 0 spiro atoms. The lowest BCUT2D eigenvalue weighted by Gasteiger charge is -2.16. The molecule has 0 bridgehead atoms. The largest absolute Gasteiger partial charge is 0.478 e. The smallest absolute Gasteiger partial charge is 0.335 e. The second kappa shape index (κ2) is 16.7. The summed E-state index contributed by atoms with van der Waals surface area (Å²) in [5, 5.41) is 17.7. The maximum atomic E-state index is 11.7. The SMILES string of the molecule is CC(C)(C)CC(=O)CBr.CC(C)(C)CC(=O)CSc1ccc(C(=O)O)cc1.O=C(O)c1ccc(S)cc1. The fraction of sp³-hybridized carbons (Fsp3) is 0.429. The summed E-state index contributed by atoms with van der Waals surface area (Å²) in [6.07, 6.45) is 1.23. The van der Waals surface area contributed by atoms with E-state index in [9.17, 15) is 19.2 Å². The van der Waals surface area contributed by atoms with Crippen molar-refractivity contribution < 1.29 is 29.4 Å². The molecular weight excluding hydrogens is 576 g/mol. The number of halogens is 1. The molecule has 37 heavy (non-hydrogen) atoms. The number of ketones is 2. The topological polar surface area (TPSA) is 109 Å². The van der Waals surface area contributed by atoms with Gasteiger partial charge in [0, 0.05) is 22.6 Å². The third-order valence-corrected chi connectivity index (χ3v) is 6.21. The van der Waals surface area contributed by atoms with Gasteiger partial charge in [-0.25, -0.2) is 9.59 Å². The molecule has 2 aromatic rings. The molecule has 0 heterocycles. The third kappa shape index (κ3) is 18.7. The number of rotatable bonds is 8. The maximum absolute atomic E-state index is 11.7. The first kappa shape index (κ1) is 34.9. The van der Waals surface area contributed by atoms with Crippen LogP contribution >= 0.6 is 40.3 Å². The molecule has 204 valence electrons. The summed E-state index contributed by atoms with van der Waals surface area (Å²) in [6, 6.07) is 12.9. The van der Waals surface area contributed by atoms with E-state index in [1.165, 1.54) is 23.9 Å². The first-order valence-electron chi connectivity index (χ1n) is 11.5. The van der Waals surface area contributed by atoms with Gasteiger partial charge in [-0.1, -0.05) is 57.5 Å². The van der Waals surface area contributed by atoms with Gasteiger partial charge in [0.05, 0.1) is 22.2 Å². The van der Waals surface area contributed by atoms with Crippen LogP contribution in [0.5, 0.6) is 0 Å². The van der Waals surface area contributed by atoms with E-state index in [0.717, 1.165) is 9.79 Å². The van der Waals surface area contributed by atoms with Gasteiger partial charge in [-0.2, -0.15) is 0 Å². The zero-order valence-electron chi connectivity index (χ0n) is 22.2. The number of Topliss-reactive ketones (excluding diaryl/α,β-unsaturated/α-hetero) is 2. The van der Waals surface area contributed by atoms with Gasteiger partial charge in [-0.3, -0.25) is 9.59 Å². The first-order chi connectivity index (χ1) is 16.9. The lowest BCUT2D eigenvalue weighted by atomic mass is 9.90. The number of benzene rings is 2. The minimum atomic E-state index is -0.935. The number of hydrogen-bond donors (Lipinski definition) is 3. The zero-order chi connectivity index (χ0) is 28.8. The average Bonchev–Trinajstić information content (AvgIpc) is 2.77. The molecule has 2 N–H and O–H groups in total. The minimum absolute atomic E-state index is 0.0187. The van der Waals surface area contributed by atoms with E-state index in [1.54, 1.807) is 36.4 Å². The Labute approximate surface area is 238 Å². The van der Waals surface area contributed by atoms with Crippen molar-refractivity contribution in [2.45, 2.75) is 64.2 Å². The Hall–Kier alpha value is -2.10. The van der Waals surface area contributed by atoms with Crippen LogP contribution in [0.3, 0.4) is 0 Å². The van der Waals surface area contributed by atoms with Crippen molar-refractivity contribution in [1.29, 1.82) is 0 Å². The number of carboxylic acid groups (broad SMARTS) is 2. The lowest BCUT2D eigenvalue weighted by molar-refractivity contribution is -0.119. The molecule has 0 saturated heterocycles. The molecule has 0 radical (unpaired) electrons. The molecular formula is C28H37BrO6S2. The van der Waals surface area contributed by atoms with Crippen LogP contribution in [0, 0.1) is 10.8 Å². The van der Waals surface area contributed by atoms with Gasteiger partial charge < -0.3 is 10.2 Å². The number of carboxylic acids is 2. The maximum Gasteiger partial charge on any atom is 0.335 e. The van der Waals surface area contributed by atoms with Gasteiger partial charge >= 0.3 is 11.9 Å². The third-order valence-electron chi connectivity index (χ3n) is 4.22. The number of hydrogen-bond acceptors (Lipinski definition) is 6. The summed E-state index contributed by atoms with van der Waals surface area (Å²) < 4.78 is 0. The van der Waals surface area contributed by atoms with E-state index in [0.29, 0.717) is 23.9 Å². The van der Waals surface area contributed by atoms with Crippen molar-refractivity contribution >= 4 is 63.8 Å². The predicted octanol–water partition coefficient (Wildman–Crippen LogP) is 7.54. The Morgan fingerprint density at radius 1 is 0.730 bits per heavy atom. The average molecular weight is 614 g/mol. The molecule has 0 aromatic heterocycles. The second-order valence-electron chi connectivity index (χ2n) is 10.7. The number of carbonyl (C=O) groups excluding carboxylic acids is 2. The Balaban J connectivity index is 0.000000577. The number of thiol groups is 1. The summed E-state index contributed by atoms with van der Waals surface area (Å²) in [4.78, 5) is 45.1. The molecule has 6 nitrogen and oxygen atoms in total. The Bertz CT molecular complexity index is 1020. The molecule has 0 amide bonds. The van der Waals surface area contributed by atoms with Crippen molar-refractivity contribution in [2.75, 3.05) is 11.1 Å². The van der Waals surface area contributed by atoms with E-state index in [1.807, 2.05) is 20.8 Å². The monoisotopic (exact) mass is 612 g/mol. The van der Waals surface area contributed by atoms with E-state index in [2.05, 4.69) is 49.3 Å². The van der Waals surface area contributed by atoms with Crippen molar-refractivity contribution in [3.63, 3.8) is 0 Å². The molecule has 0 aliphatic rings. The van der Waals surface area contributed by atoms with Gasteiger partial charge in [0.2, 0.25) is 0 Å². The van der Waals surface area contributed by atoms with Gasteiger partial charge in [-0.05, 0) is 59.4 Å². The minimum Gasteiger partial charge on any atom is -0.478 e. The van der Waals surface area contributed by atoms with Crippen LogP contribution in [0.15, 0.2) is 58.3 Å². The van der Waals surface area contributed by atoms with E-state index in [4.69, 9.17) is 10.2 Å². The van der Waals surface area contributed by atoms with Gasteiger partial charge in [-0.15, -0.1) is 24.4 Å². The molecule has 0 fully saturated rings. The van der Waals surface area contributed by atoms with E-state index < -0.39 is 11.9 Å². The second-order valence-corrected chi connectivity index (χ2v) is 12.8. The van der Waals surface area contributed by atoms with Crippen LogP contribution in [-0.2, 0) is 9.59 Å². The van der Waals surface area contributed by atoms with Crippen LogP contribution in [0.1, 0.15) is 75.1 Å². The summed E-state index contributed by atoms with van der Waals surface area (Å²) >= 11 is 8.57. The van der Waals surface area contributed by atoms with Crippen LogP contribution < -0.4 is 0 Å². The first-order valence-corrected chi connectivity index (χ1v) is 14.1. The molecule has 0 unspecified atom stereocenters. The van der Waals surface area contributed by atoms with Crippen molar-refractivity contribution in [3.8, 4) is 0 Å². The Kier molecular flexibility index (Phi) is 15.7. The highest BCUT2D eigenvalue weighted by molar-refractivity contribution is 9.09. The Morgan fingerprint density at radius 2 is 1.11 bits per heavy atom. The highest BCUT2D eigenvalue weighted by Gasteiger charge is 2.16. The standard InChI is InChI=1S/C14H18O3S.C7H13BrO.C7H6O2S/c1-14(2,3)8-11(15)9-18-12-6-4-10(5-7-12)13(16)17;1-7(2,3)4-6(9)5-8;8-7(9)5-1-3-6(10)4-2-5/h4-7H,8-9H2,1-3H3,(H,16,17);4-5H2,1-3H3;1-4,10H,(H,8,9). The fourth-order valence-corrected chi connectivity index (χ4v) is 3.85. The quantitative estimate of drug-likeness (QED) is 0.160. The van der Waals surface area contributed by atoms with Crippen LogP contribution in [0.25, 0.3) is 0 Å². The number of thioether (sulfide) groups is 1. The number of carbonyl (C=O) groups is 4. The van der Waals surface area contributed by atoms with Crippen LogP contribution in [0.2, 0.25) is 0 Å². The van der Waals surface area contributed by atoms with E-state index >= 15 is 0 Å². The summed E-state index contributed by atoms with van der Waals surface area (Å²) in [7, 11) is 0. The van der Waals surface area contributed by atoms with Gasteiger partial charge in [0.15, 0.2) is 0 Å². The van der Waals surface area contributed by atoms with Crippen molar-refractivity contribution in [1.82, 2.24) is 0 Å². The number of alkyl halides is 1. The molecule has 0 saturated carbocycles. The number of aromatic carboxylic acids is 2. The normalized spacial score (nSPS) is 10.8. The van der Waals surface area contributed by atoms with Crippen LogP contribution in [0.4, 0.5) is 0 Å². The van der Waals surface area contributed by atoms with Crippen LogP contribution in [-0.4, -0.2) is 44.8 Å². The molecule has 0 aliphatic heterocycles. The predicted molar refractivity (Wildman–Crippen MR) is 157 cm³/mol. The highest BCUT2D eigenvalue weighted by Crippen LogP contribution is 2.23. The molecule has 2 aromatic carbocycles. The summed E-state index contributed by atoms with van der Waals surface area (Å²) in [6.45, 7) is 12.3. The molecule has 0 atom stereocenters. The molecule has 2 rings (SSSR count).